The second kappa shape index (κ2) is 7.21. The number of aromatic nitrogens is 4. The van der Waals surface area contributed by atoms with Crippen LogP contribution in [0.5, 0.6) is 0 Å². The lowest BCUT2D eigenvalue weighted by atomic mass is 9.96. The van der Waals surface area contributed by atoms with Crippen molar-refractivity contribution >= 4 is 17.7 Å². The first-order chi connectivity index (χ1) is 11.5. The molecule has 0 bridgehead atoms. The number of aryl methyl sites for hydroxylation is 1. The minimum atomic E-state index is -0.282. The van der Waals surface area contributed by atoms with Crippen LogP contribution in [0.4, 0.5) is 0 Å². The lowest BCUT2D eigenvalue weighted by molar-refractivity contribution is -0.131. The fraction of sp³-hybridized carbons (Fsp3) is 0.500. The highest BCUT2D eigenvalue weighted by molar-refractivity contribution is 8.00. The molecule has 0 aliphatic carbocycles. The van der Waals surface area contributed by atoms with E-state index in [-0.39, 0.29) is 16.7 Å². The summed E-state index contributed by atoms with van der Waals surface area (Å²) in [6.07, 6.45) is 5.43. The largest absolute Gasteiger partial charge is 0.348 e. The molecule has 2 aromatic rings. The van der Waals surface area contributed by atoms with E-state index in [2.05, 4.69) is 19.9 Å². The third-order valence-corrected chi connectivity index (χ3v) is 5.17. The molecule has 128 valence electrons. The van der Waals surface area contributed by atoms with Gasteiger partial charge in [-0.3, -0.25) is 9.59 Å². The number of aromatic amines is 2. The van der Waals surface area contributed by atoms with Crippen molar-refractivity contribution in [3.63, 3.8) is 0 Å². The van der Waals surface area contributed by atoms with Gasteiger partial charge in [0.05, 0.1) is 5.25 Å². The maximum absolute atomic E-state index is 12.6. The number of amides is 1. The second-order valence-corrected chi connectivity index (χ2v) is 7.36. The van der Waals surface area contributed by atoms with E-state index in [9.17, 15) is 9.59 Å². The molecule has 1 aliphatic rings. The summed E-state index contributed by atoms with van der Waals surface area (Å²) in [6, 6.07) is 1.44. The molecule has 7 nitrogen and oxygen atoms in total. The molecule has 0 aromatic carbocycles. The number of thioether (sulfide) groups is 1. The van der Waals surface area contributed by atoms with Gasteiger partial charge in [-0.1, -0.05) is 11.8 Å². The monoisotopic (exact) mass is 347 g/mol. The van der Waals surface area contributed by atoms with Gasteiger partial charge in [0.15, 0.2) is 5.16 Å². The standard InChI is InChI=1S/C16H21N5O2S/c1-10-9-13(22)20-16(19-10)24-11(2)15(23)21-7-3-12(4-8-21)14-17-5-6-18-14/h5-6,9,11-12H,3-4,7-8H2,1-2H3,(H,17,18)(H,19,20,22)/t11-/m0/s1. The predicted molar refractivity (Wildman–Crippen MR) is 92.1 cm³/mol. The minimum Gasteiger partial charge on any atom is -0.348 e. The first-order valence-corrected chi connectivity index (χ1v) is 8.93. The molecule has 1 atom stereocenters. The molecule has 24 heavy (non-hydrogen) atoms. The number of hydrogen-bond donors (Lipinski definition) is 2. The van der Waals surface area contributed by atoms with Crippen LogP contribution in [0.3, 0.4) is 0 Å². The Balaban J connectivity index is 1.57. The SMILES string of the molecule is Cc1cc(=O)[nH]c(S[C@@H](C)C(=O)N2CCC(c3ncc[nH]3)CC2)n1. The number of carbonyl (C=O) groups is 1. The van der Waals surface area contributed by atoms with Crippen molar-refractivity contribution in [1.82, 2.24) is 24.8 Å². The Morgan fingerprint density at radius 1 is 1.42 bits per heavy atom. The molecular weight excluding hydrogens is 326 g/mol. The average molecular weight is 347 g/mol. The molecule has 3 heterocycles. The lowest BCUT2D eigenvalue weighted by Crippen LogP contribution is -2.42. The third kappa shape index (κ3) is 3.87. The zero-order valence-corrected chi connectivity index (χ0v) is 14.6. The van der Waals surface area contributed by atoms with Gasteiger partial charge in [0, 0.05) is 43.2 Å². The quantitative estimate of drug-likeness (QED) is 0.648. The predicted octanol–water partition coefficient (Wildman–Crippen LogP) is 1.69. The summed E-state index contributed by atoms with van der Waals surface area (Å²) in [7, 11) is 0. The molecule has 1 amide bonds. The molecule has 0 spiro atoms. The van der Waals surface area contributed by atoms with E-state index < -0.39 is 0 Å². The number of hydrogen-bond acceptors (Lipinski definition) is 5. The summed E-state index contributed by atoms with van der Waals surface area (Å²) < 4.78 is 0. The average Bonchev–Trinajstić information content (AvgIpc) is 3.07. The van der Waals surface area contributed by atoms with Crippen LogP contribution in [0.15, 0.2) is 28.4 Å². The Bertz CT molecular complexity index is 750. The van der Waals surface area contributed by atoms with Crippen LogP contribution in [0.2, 0.25) is 0 Å². The van der Waals surface area contributed by atoms with E-state index in [1.165, 1.54) is 17.8 Å². The number of piperidine rings is 1. The number of carbonyl (C=O) groups excluding carboxylic acids is 1. The fourth-order valence-electron chi connectivity index (χ4n) is 2.96. The van der Waals surface area contributed by atoms with Crippen molar-refractivity contribution in [2.75, 3.05) is 13.1 Å². The second-order valence-electron chi connectivity index (χ2n) is 6.03. The summed E-state index contributed by atoms with van der Waals surface area (Å²) in [5.74, 6) is 1.48. The molecule has 1 saturated heterocycles. The van der Waals surface area contributed by atoms with Gasteiger partial charge >= 0.3 is 0 Å². The van der Waals surface area contributed by atoms with Gasteiger partial charge < -0.3 is 14.9 Å². The van der Waals surface area contributed by atoms with Gasteiger partial charge in [-0.15, -0.1) is 0 Å². The smallest absolute Gasteiger partial charge is 0.251 e. The summed E-state index contributed by atoms with van der Waals surface area (Å²) in [5.41, 5.74) is 0.462. The molecule has 2 aromatic heterocycles. The van der Waals surface area contributed by atoms with Crippen LogP contribution in [0.25, 0.3) is 0 Å². The normalized spacial score (nSPS) is 17.0. The highest BCUT2D eigenvalue weighted by Gasteiger charge is 2.28. The molecule has 0 unspecified atom stereocenters. The minimum absolute atomic E-state index is 0.0852. The van der Waals surface area contributed by atoms with Crippen LogP contribution in [-0.2, 0) is 4.79 Å². The highest BCUT2D eigenvalue weighted by atomic mass is 32.2. The van der Waals surface area contributed by atoms with E-state index in [0.29, 0.717) is 16.8 Å². The van der Waals surface area contributed by atoms with E-state index in [4.69, 9.17) is 0 Å². The van der Waals surface area contributed by atoms with Crippen molar-refractivity contribution in [3.05, 3.63) is 40.3 Å². The van der Waals surface area contributed by atoms with Gasteiger partial charge in [0.1, 0.15) is 5.82 Å². The summed E-state index contributed by atoms with van der Waals surface area (Å²) in [5, 5.41) is 0.210. The summed E-state index contributed by atoms with van der Waals surface area (Å²) in [6.45, 7) is 5.08. The van der Waals surface area contributed by atoms with E-state index in [0.717, 1.165) is 31.8 Å². The van der Waals surface area contributed by atoms with Crippen LogP contribution < -0.4 is 5.56 Å². The highest BCUT2D eigenvalue weighted by Crippen LogP contribution is 2.27. The van der Waals surface area contributed by atoms with Crippen LogP contribution in [-0.4, -0.2) is 49.1 Å². The van der Waals surface area contributed by atoms with Crippen molar-refractivity contribution in [1.29, 1.82) is 0 Å². The molecule has 3 rings (SSSR count). The fourth-order valence-corrected chi connectivity index (χ4v) is 3.90. The summed E-state index contributed by atoms with van der Waals surface area (Å²) >= 11 is 1.30. The molecule has 0 saturated carbocycles. The molecule has 0 radical (unpaired) electrons. The first-order valence-electron chi connectivity index (χ1n) is 8.05. The molecule has 8 heteroatoms. The molecular formula is C16H21N5O2S. The Hall–Kier alpha value is -2.09. The Morgan fingerprint density at radius 3 is 2.79 bits per heavy atom. The Morgan fingerprint density at radius 2 is 2.17 bits per heavy atom. The molecule has 1 fully saturated rings. The van der Waals surface area contributed by atoms with E-state index in [1.54, 1.807) is 13.1 Å². The molecule has 1 aliphatic heterocycles. The van der Waals surface area contributed by atoms with E-state index in [1.807, 2.05) is 18.0 Å². The topological polar surface area (TPSA) is 94.7 Å². The maximum Gasteiger partial charge on any atom is 0.251 e. The zero-order valence-electron chi connectivity index (χ0n) is 13.8. The van der Waals surface area contributed by atoms with Gasteiger partial charge in [0.25, 0.3) is 5.56 Å². The zero-order chi connectivity index (χ0) is 17.1. The van der Waals surface area contributed by atoms with Crippen molar-refractivity contribution in [3.8, 4) is 0 Å². The van der Waals surface area contributed by atoms with Gasteiger partial charge in [0.2, 0.25) is 5.91 Å². The lowest BCUT2D eigenvalue weighted by Gasteiger charge is -2.32. The number of likely N-dealkylation sites (tertiary alicyclic amines) is 1. The van der Waals surface area contributed by atoms with Gasteiger partial charge in [-0.05, 0) is 26.7 Å². The van der Waals surface area contributed by atoms with Crippen molar-refractivity contribution in [2.24, 2.45) is 0 Å². The van der Waals surface area contributed by atoms with Crippen molar-refractivity contribution in [2.45, 2.75) is 43.0 Å². The Kier molecular flexibility index (Phi) is 5.03. The number of rotatable bonds is 4. The van der Waals surface area contributed by atoms with Crippen LogP contribution in [0.1, 0.15) is 37.2 Å². The number of imidazole rings is 1. The van der Waals surface area contributed by atoms with Crippen molar-refractivity contribution < 1.29 is 4.79 Å². The first kappa shape index (κ1) is 16.8. The van der Waals surface area contributed by atoms with E-state index >= 15 is 0 Å². The van der Waals surface area contributed by atoms with Crippen LogP contribution >= 0.6 is 11.8 Å². The van der Waals surface area contributed by atoms with Gasteiger partial charge in [-0.25, -0.2) is 9.97 Å². The third-order valence-electron chi connectivity index (χ3n) is 4.20. The molecule has 2 N–H and O–H groups in total. The Labute approximate surface area is 144 Å². The maximum atomic E-state index is 12.6. The van der Waals surface area contributed by atoms with Gasteiger partial charge in [-0.2, -0.15) is 0 Å². The van der Waals surface area contributed by atoms with Crippen LogP contribution in [0, 0.1) is 6.92 Å². The number of H-pyrrole nitrogens is 2. The number of nitrogens with one attached hydrogen (secondary N) is 2. The summed E-state index contributed by atoms with van der Waals surface area (Å²) in [4.78, 5) is 40.4. The number of nitrogens with zero attached hydrogens (tertiary/aromatic N) is 3.